The number of hydrogen-bond donors (Lipinski definition) is 1. The average molecular weight is 314 g/mol. The van der Waals surface area contributed by atoms with Crippen LogP contribution in [0, 0.1) is 0 Å². The van der Waals surface area contributed by atoms with Crippen LogP contribution in [0.1, 0.15) is 33.1 Å². The Balaban J connectivity index is 2.50. The lowest BCUT2D eigenvalue weighted by atomic mass is 10.0. The third kappa shape index (κ3) is 5.12. The predicted octanol–water partition coefficient (Wildman–Crippen LogP) is 1.65. The lowest BCUT2D eigenvalue weighted by Gasteiger charge is -2.25. The SMILES string of the molecule is CC(C)(CCBr)NS(=O)(=O)CC1CCCO1. The Kier molecular flexibility index (Phi) is 5.22. The standard InChI is InChI=1S/C10H20BrNO3S/c1-10(2,5-6-11)12-16(13,14)8-9-4-3-7-15-9/h9,12H,3-8H2,1-2H3. The topological polar surface area (TPSA) is 55.4 Å². The van der Waals surface area contributed by atoms with Gasteiger partial charge in [0.05, 0.1) is 11.9 Å². The summed E-state index contributed by atoms with van der Waals surface area (Å²) in [6, 6.07) is 0. The lowest BCUT2D eigenvalue weighted by Crippen LogP contribution is -2.46. The zero-order chi connectivity index (χ0) is 12.2. The molecule has 1 heterocycles. The van der Waals surface area contributed by atoms with Crippen LogP contribution in [0.5, 0.6) is 0 Å². The van der Waals surface area contributed by atoms with Crippen molar-refractivity contribution >= 4 is 26.0 Å². The van der Waals surface area contributed by atoms with Crippen molar-refractivity contribution in [3.8, 4) is 0 Å². The van der Waals surface area contributed by atoms with E-state index in [2.05, 4.69) is 20.7 Å². The smallest absolute Gasteiger partial charge is 0.214 e. The van der Waals surface area contributed by atoms with Gasteiger partial charge in [0.2, 0.25) is 10.0 Å². The van der Waals surface area contributed by atoms with Gasteiger partial charge in [-0.1, -0.05) is 15.9 Å². The molecule has 0 aliphatic carbocycles. The zero-order valence-corrected chi connectivity index (χ0v) is 12.2. The summed E-state index contributed by atoms with van der Waals surface area (Å²) in [5.74, 6) is 0.0821. The molecule has 1 N–H and O–H groups in total. The fraction of sp³-hybridized carbons (Fsp3) is 1.00. The highest BCUT2D eigenvalue weighted by molar-refractivity contribution is 9.09. The molecule has 16 heavy (non-hydrogen) atoms. The van der Waals surface area contributed by atoms with E-state index in [1.807, 2.05) is 13.8 Å². The highest BCUT2D eigenvalue weighted by atomic mass is 79.9. The fourth-order valence-electron chi connectivity index (χ4n) is 1.77. The number of hydrogen-bond acceptors (Lipinski definition) is 3. The van der Waals surface area contributed by atoms with Gasteiger partial charge in [0.25, 0.3) is 0 Å². The van der Waals surface area contributed by atoms with Gasteiger partial charge in [-0.05, 0) is 33.1 Å². The molecule has 1 rings (SSSR count). The molecule has 0 bridgehead atoms. The summed E-state index contributed by atoms with van der Waals surface area (Å²) in [7, 11) is -3.24. The molecule has 1 unspecified atom stereocenters. The van der Waals surface area contributed by atoms with Crippen LogP contribution < -0.4 is 4.72 Å². The first kappa shape index (κ1) is 14.4. The van der Waals surface area contributed by atoms with Gasteiger partial charge in [-0.2, -0.15) is 0 Å². The van der Waals surface area contributed by atoms with Crippen molar-refractivity contribution in [3.63, 3.8) is 0 Å². The summed E-state index contributed by atoms with van der Waals surface area (Å²) in [4.78, 5) is 0. The molecule has 1 saturated heterocycles. The summed E-state index contributed by atoms with van der Waals surface area (Å²) in [6.07, 6.45) is 2.44. The molecule has 0 aromatic rings. The summed E-state index contributed by atoms with van der Waals surface area (Å²) >= 11 is 3.32. The van der Waals surface area contributed by atoms with Crippen molar-refractivity contribution < 1.29 is 13.2 Å². The Morgan fingerprint density at radius 1 is 1.50 bits per heavy atom. The van der Waals surface area contributed by atoms with E-state index in [1.54, 1.807) is 0 Å². The largest absolute Gasteiger partial charge is 0.377 e. The summed E-state index contributed by atoms with van der Waals surface area (Å²) in [5, 5.41) is 0.780. The Hall–Kier alpha value is 0.350. The van der Waals surface area contributed by atoms with Gasteiger partial charge in [0.15, 0.2) is 0 Å². The molecule has 1 aliphatic rings. The van der Waals surface area contributed by atoms with Crippen molar-refractivity contribution in [1.82, 2.24) is 4.72 Å². The van der Waals surface area contributed by atoms with E-state index >= 15 is 0 Å². The maximum atomic E-state index is 11.9. The molecule has 0 radical (unpaired) electrons. The zero-order valence-electron chi connectivity index (χ0n) is 9.83. The van der Waals surface area contributed by atoms with E-state index in [-0.39, 0.29) is 11.9 Å². The van der Waals surface area contributed by atoms with Crippen molar-refractivity contribution in [3.05, 3.63) is 0 Å². The van der Waals surface area contributed by atoms with Crippen LogP contribution in [0.3, 0.4) is 0 Å². The Morgan fingerprint density at radius 3 is 2.69 bits per heavy atom. The molecule has 1 aliphatic heterocycles. The van der Waals surface area contributed by atoms with E-state index in [4.69, 9.17) is 4.74 Å². The van der Waals surface area contributed by atoms with Crippen molar-refractivity contribution in [1.29, 1.82) is 0 Å². The monoisotopic (exact) mass is 313 g/mol. The van der Waals surface area contributed by atoms with Gasteiger partial charge in [0.1, 0.15) is 0 Å². The summed E-state index contributed by atoms with van der Waals surface area (Å²) < 4.78 is 31.8. The number of rotatable bonds is 6. The first-order chi connectivity index (χ1) is 7.35. The van der Waals surface area contributed by atoms with Gasteiger partial charge in [-0.15, -0.1) is 0 Å². The number of alkyl halides is 1. The normalized spacial score (nSPS) is 22.6. The number of sulfonamides is 1. The van der Waals surface area contributed by atoms with Crippen LogP contribution in [0.4, 0.5) is 0 Å². The quantitative estimate of drug-likeness (QED) is 0.759. The third-order valence-electron chi connectivity index (χ3n) is 2.58. The predicted molar refractivity (Wildman–Crippen MR) is 68.4 cm³/mol. The van der Waals surface area contributed by atoms with Gasteiger partial charge in [-0.25, -0.2) is 13.1 Å². The van der Waals surface area contributed by atoms with Crippen LogP contribution in [0.15, 0.2) is 0 Å². The molecule has 0 saturated carbocycles. The molecule has 1 atom stereocenters. The Bertz CT molecular complexity index is 310. The van der Waals surface area contributed by atoms with Gasteiger partial charge < -0.3 is 4.74 Å². The summed E-state index contributed by atoms with van der Waals surface area (Å²) in [6.45, 7) is 4.47. The fourth-order valence-corrected chi connectivity index (χ4v) is 4.54. The molecule has 6 heteroatoms. The number of nitrogens with one attached hydrogen (secondary N) is 1. The van der Waals surface area contributed by atoms with Gasteiger partial charge in [-0.3, -0.25) is 0 Å². The molecule has 0 aromatic carbocycles. The molecule has 0 aromatic heterocycles. The first-order valence-corrected chi connectivity index (χ1v) is 8.31. The molecular weight excluding hydrogens is 294 g/mol. The van der Waals surface area contributed by atoms with Crippen molar-refractivity contribution in [2.75, 3.05) is 17.7 Å². The minimum Gasteiger partial charge on any atom is -0.377 e. The van der Waals surface area contributed by atoms with E-state index < -0.39 is 15.6 Å². The molecule has 1 fully saturated rings. The van der Waals surface area contributed by atoms with Gasteiger partial charge >= 0.3 is 0 Å². The Morgan fingerprint density at radius 2 is 2.19 bits per heavy atom. The molecule has 0 spiro atoms. The van der Waals surface area contributed by atoms with Crippen LogP contribution >= 0.6 is 15.9 Å². The van der Waals surface area contributed by atoms with Crippen LogP contribution in [0.2, 0.25) is 0 Å². The second-order valence-electron chi connectivity index (χ2n) is 4.84. The first-order valence-electron chi connectivity index (χ1n) is 5.54. The van der Waals surface area contributed by atoms with Crippen LogP contribution in [-0.2, 0) is 14.8 Å². The van der Waals surface area contributed by atoms with Crippen LogP contribution in [0.25, 0.3) is 0 Å². The van der Waals surface area contributed by atoms with E-state index in [1.165, 1.54) is 0 Å². The molecule has 96 valence electrons. The molecule has 4 nitrogen and oxygen atoms in total. The minimum atomic E-state index is -3.24. The van der Waals surface area contributed by atoms with E-state index in [0.29, 0.717) is 6.61 Å². The second-order valence-corrected chi connectivity index (χ2v) is 7.40. The lowest BCUT2D eigenvalue weighted by molar-refractivity contribution is 0.127. The van der Waals surface area contributed by atoms with E-state index in [0.717, 1.165) is 24.6 Å². The minimum absolute atomic E-state index is 0.0821. The maximum absolute atomic E-state index is 11.9. The molecular formula is C10H20BrNO3S. The highest BCUT2D eigenvalue weighted by Crippen LogP contribution is 2.16. The van der Waals surface area contributed by atoms with Gasteiger partial charge in [0, 0.05) is 17.5 Å². The van der Waals surface area contributed by atoms with Crippen molar-refractivity contribution in [2.24, 2.45) is 0 Å². The number of ether oxygens (including phenoxy) is 1. The second kappa shape index (κ2) is 5.80. The Labute approximate surface area is 106 Å². The number of halogens is 1. The maximum Gasteiger partial charge on any atom is 0.214 e. The highest BCUT2D eigenvalue weighted by Gasteiger charge is 2.28. The van der Waals surface area contributed by atoms with E-state index in [9.17, 15) is 8.42 Å². The van der Waals surface area contributed by atoms with Crippen LogP contribution in [-0.4, -0.2) is 37.8 Å². The molecule has 0 amide bonds. The third-order valence-corrected chi connectivity index (χ3v) is 4.65. The van der Waals surface area contributed by atoms with Crippen molar-refractivity contribution in [2.45, 2.75) is 44.8 Å². The summed E-state index contributed by atoms with van der Waals surface area (Å²) in [5.41, 5.74) is -0.402. The average Bonchev–Trinajstić information content (AvgIpc) is 2.52.